The minimum Gasteiger partial charge on any atom is -0.382 e. The third-order valence-corrected chi connectivity index (χ3v) is 3.21. The zero-order valence-corrected chi connectivity index (χ0v) is 8.29. The van der Waals surface area contributed by atoms with Crippen molar-refractivity contribution in [1.82, 2.24) is 9.19 Å². The summed E-state index contributed by atoms with van der Waals surface area (Å²) in [5.41, 5.74) is 5.31. The zero-order valence-electron chi connectivity index (χ0n) is 7.47. The van der Waals surface area contributed by atoms with Crippen molar-refractivity contribution in [3.63, 3.8) is 0 Å². The molecule has 0 aliphatic heterocycles. The van der Waals surface area contributed by atoms with Gasteiger partial charge in [-0.05, 0) is 6.42 Å². The van der Waals surface area contributed by atoms with Gasteiger partial charge in [0.1, 0.15) is 5.82 Å². The number of hydrogen-bond acceptors (Lipinski definition) is 4. The van der Waals surface area contributed by atoms with Crippen molar-refractivity contribution in [3.05, 3.63) is 12.3 Å². The minimum absolute atomic E-state index is 0.116. The largest absolute Gasteiger partial charge is 0.382 e. The van der Waals surface area contributed by atoms with Crippen molar-refractivity contribution >= 4 is 15.8 Å². The maximum Gasteiger partial charge on any atom is 0.253 e. The van der Waals surface area contributed by atoms with E-state index in [1.54, 1.807) is 0 Å². The Morgan fingerprint density at radius 2 is 2.31 bits per heavy atom. The van der Waals surface area contributed by atoms with Crippen LogP contribution in [-0.4, -0.2) is 23.4 Å². The normalized spacial score (nSPS) is 11.8. The lowest BCUT2D eigenvalue weighted by atomic mass is 10.4. The highest BCUT2D eigenvalue weighted by Crippen LogP contribution is 2.03. The fourth-order valence-electron chi connectivity index (χ4n) is 0.896. The van der Waals surface area contributed by atoms with Crippen molar-refractivity contribution in [1.29, 1.82) is 0 Å². The van der Waals surface area contributed by atoms with Crippen molar-refractivity contribution in [2.45, 2.75) is 19.8 Å². The van der Waals surface area contributed by atoms with Crippen LogP contribution in [0.3, 0.4) is 0 Å². The number of hydrogen-bond donors (Lipinski definition) is 1. The quantitative estimate of drug-likeness (QED) is 0.770. The molecular formula is C7H13N3O2S. The van der Waals surface area contributed by atoms with Gasteiger partial charge in [-0.3, -0.25) is 0 Å². The topological polar surface area (TPSA) is 78.0 Å². The number of nitrogens with zero attached hydrogens (tertiary/aromatic N) is 2. The van der Waals surface area contributed by atoms with Gasteiger partial charge in [-0.1, -0.05) is 13.3 Å². The summed E-state index contributed by atoms with van der Waals surface area (Å²) in [5.74, 6) is 0.338. The average molecular weight is 203 g/mol. The standard InChI is InChI=1S/C7H13N3O2S/c1-2-3-6-13(11,12)10-5-4-7(8)9-10/h4-5H,2-3,6H2,1H3,(H2,8,9). The summed E-state index contributed by atoms with van der Waals surface area (Å²) in [6, 6.07) is 1.46. The van der Waals surface area contributed by atoms with Crippen molar-refractivity contribution in [3.8, 4) is 0 Å². The summed E-state index contributed by atoms with van der Waals surface area (Å²) in [6.07, 6.45) is 2.85. The predicted molar refractivity (Wildman–Crippen MR) is 50.7 cm³/mol. The van der Waals surface area contributed by atoms with Gasteiger partial charge in [-0.25, -0.2) is 8.42 Å². The second-order valence-corrected chi connectivity index (χ2v) is 4.73. The minimum atomic E-state index is -3.28. The molecule has 0 radical (unpaired) electrons. The Morgan fingerprint density at radius 3 is 2.77 bits per heavy atom. The van der Waals surface area contributed by atoms with Crippen LogP contribution in [0, 0.1) is 0 Å². The van der Waals surface area contributed by atoms with Crippen LogP contribution < -0.4 is 5.73 Å². The second-order valence-electron chi connectivity index (χ2n) is 2.78. The molecule has 13 heavy (non-hydrogen) atoms. The Kier molecular flexibility index (Phi) is 2.92. The summed E-state index contributed by atoms with van der Waals surface area (Å²) < 4.78 is 23.8. The number of anilines is 1. The lowest BCUT2D eigenvalue weighted by Gasteiger charge is -2.01. The number of aromatic nitrogens is 2. The Morgan fingerprint density at radius 1 is 1.62 bits per heavy atom. The monoisotopic (exact) mass is 203 g/mol. The molecular weight excluding hydrogens is 190 g/mol. The van der Waals surface area contributed by atoms with Gasteiger partial charge >= 0.3 is 0 Å². The molecule has 0 unspecified atom stereocenters. The van der Waals surface area contributed by atoms with E-state index in [-0.39, 0.29) is 11.6 Å². The lowest BCUT2D eigenvalue weighted by molar-refractivity contribution is 0.577. The highest BCUT2D eigenvalue weighted by atomic mass is 32.2. The molecule has 1 aromatic heterocycles. The molecule has 2 N–H and O–H groups in total. The first-order chi connectivity index (χ1) is 6.06. The number of nitrogen functional groups attached to an aromatic ring is 1. The Labute approximate surface area is 77.6 Å². The highest BCUT2D eigenvalue weighted by Gasteiger charge is 2.12. The fraction of sp³-hybridized carbons (Fsp3) is 0.571. The van der Waals surface area contributed by atoms with Crippen LogP contribution in [0.25, 0.3) is 0 Å². The molecule has 0 bridgehead atoms. The number of rotatable bonds is 4. The van der Waals surface area contributed by atoms with Gasteiger partial charge in [0.15, 0.2) is 0 Å². The van der Waals surface area contributed by atoms with Crippen LogP contribution >= 0.6 is 0 Å². The molecule has 1 heterocycles. The molecule has 1 aromatic rings. The average Bonchev–Trinajstić information content (AvgIpc) is 2.49. The second kappa shape index (κ2) is 3.78. The molecule has 0 saturated carbocycles. The van der Waals surface area contributed by atoms with E-state index in [1.807, 2.05) is 6.92 Å². The lowest BCUT2D eigenvalue weighted by Crippen LogP contribution is -2.17. The van der Waals surface area contributed by atoms with Crippen molar-refractivity contribution < 1.29 is 8.42 Å². The SMILES string of the molecule is CCCCS(=O)(=O)n1ccc(N)n1. The Balaban J connectivity index is 2.82. The maximum absolute atomic E-state index is 11.4. The molecule has 5 nitrogen and oxygen atoms in total. The highest BCUT2D eigenvalue weighted by molar-refractivity contribution is 7.89. The van der Waals surface area contributed by atoms with Crippen LogP contribution in [0.15, 0.2) is 12.3 Å². The van der Waals surface area contributed by atoms with E-state index in [2.05, 4.69) is 5.10 Å². The third-order valence-electron chi connectivity index (χ3n) is 1.63. The van der Waals surface area contributed by atoms with Crippen LogP contribution in [-0.2, 0) is 10.0 Å². The fourth-order valence-corrected chi connectivity index (χ4v) is 2.20. The molecule has 6 heteroatoms. The van der Waals surface area contributed by atoms with Gasteiger partial charge in [0.25, 0.3) is 10.0 Å². The summed E-state index contributed by atoms with van der Waals surface area (Å²) in [6.45, 7) is 1.94. The molecule has 0 aromatic carbocycles. The number of nitrogens with two attached hydrogens (primary N) is 1. The molecule has 0 fully saturated rings. The van der Waals surface area contributed by atoms with E-state index in [9.17, 15) is 8.42 Å². The van der Waals surface area contributed by atoms with Crippen LogP contribution in [0.2, 0.25) is 0 Å². The van der Waals surface area contributed by atoms with E-state index >= 15 is 0 Å². The molecule has 1 rings (SSSR count). The first-order valence-electron chi connectivity index (χ1n) is 4.10. The van der Waals surface area contributed by atoms with Gasteiger partial charge in [0, 0.05) is 12.3 Å². The Bertz CT molecular complexity index is 369. The molecule has 0 atom stereocenters. The van der Waals surface area contributed by atoms with Gasteiger partial charge in [0.05, 0.1) is 5.75 Å². The van der Waals surface area contributed by atoms with E-state index in [0.717, 1.165) is 10.5 Å². The van der Waals surface area contributed by atoms with Crippen LogP contribution in [0.4, 0.5) is 5.82 Å². The third kappa shape index (κ3) is 2.45. The van der Waals surface area contributed by atoms with Gasteiger partial charge in [0.2, 0.25) is 0 Å². The summed E-state index contributed by atoms with van der Waals surface area (Å²) in [5, 5.41) is 3.64. The van der Waals surface area contributed by atoms with E-state index in [0.29, 0.717) is 6.42 Å². The summed E-state index contributed by atoms with van der Waals surface area (Å²) in [4.78, 5) is 0. The van der Waals surface area contributed by atoms with E-state index in [1.165, 1.54) is 12.3 Å². The van der Waals surface area contributed by atoms with Crippen molar-refractivity contribution in [2.75, 3.05) is 11.5 Å². The van der Waals surface area contributed by atoms with E-state index < -0.39 is 10.0 Å². The van der Waals surface area contributed by atoms with Gasteiger partial charge in [-0.15, -0.1) is 5.10 Å². The molecule has 0 saturated heterocycles. The predicted octanol–water partition coefficient (Wildman–Crippen LogP) is 0.443. The molecule has 0 aliphatic rings. The van der Waals surface area contributed by atoms with Gasteiger partial charge in [-0.2, -0.15) is 4.09 Å². The zero-order chi connectivity index (χ0) is 9.90. The van der Waals surface area contributed by atoms with Crippen LogP contribution in [0.1, 0.15) is 19.8 Å². The Hall–Kier alpha value is -1.04. The molecule has 74 valence electrons. The molecule has 0 amide bonds. The molecule has 0 spiro atoms. The smallest absolute Gasteiger partial charge is 0.253 e. The van der Waals surface area contributed by atoms with Crippen LogP contribution in [0.5, 0.6) is 0 Å². The van der Waals surface area contributed by atoms with E-state index in [4.69, 9.17) is 5.73 Å². The number of unbranched alkanes of at least 4 members (excludes halogenated alkanes) is 1. The first kappa shape index (κ1) is 10.0. The van der Waals surface area contributed by atoms with Crippen molar-refractivity contribution in [2.24, 2.45) is 0 Å². The molecule has 0 aliphatic carbocycles. The van der Waals surface area contributed by atoms with Gasteiger partial charge < -0.3 is 5.73 Å². The summed E-state index contributed by atoms with van der Waals surface area (Å²) >= 11 is 0. The first-order valence-corrected chi connectivity index (χ1v) is 5.71. The maximum atomic E-state index is 11.4. The summed E-state index contributed by atoms with van der Waals surface area (Å²) in [7, 11) is -3.28.